The lowest BCUT2D eigenvalue weighted by molar-refractivity contribution is 0.278. The van der Waals surface area contributed by atoms with Crippen LogP contribution in [0.5, 0.6) is 0 Å². The summed E-state index contributed by atoms with van der Waals surface area (Å²) in [5.41, 5.74) is 0.789. The fourth-order valence-electron chi connectivity index (χ4n) is 3.07. The third-order valence-electron chi connectivity index (χ3n) is 4.44. The Bertz CT molecular complexity index is 1480. The van der Waals surface area contributed by atoms with Crippen molar-refractivity contribution >= 4 is 57.3 Å². The lowest BCUT2D eigenvalue weighted by atomic mass is 10.1. The molecular formula is C21H16Cl2N3O5PS. The van der Waals surface area contributed by atoms with Gasteiger partial charge in [-0.1, -0.05) is 41.4 Å². The molecule has 0 spiro atoms. The molecule has 33 heavy (non-hydrogen) atoms. The summed E-state index contributed by atoms with van der Waals surface area (Å²) in [5.74, 6) is 0.543. The van der Waals surface area contributed by atoms with Crippen LogP contribution in [0.2, 0.25) is 10.0 Å². The van der Waals surface area contributed by atoms with Crippen LogP contribution in [0.25, 0.3) is 22.2 Å². The lowest BCUT2D eigenvalue weighted by Crippen LogP contribution is -2.30. The van der Waals surface area contributed by atoms with Gasteiger partial charge in [0, 0.05) is 34.7 Å². The van der Waals surface area contributed by atoms with Gasteiger partial charge in [0.25, 0.3) is 10.0 Å². The van der Waals surface area contributed by atoms with Crippen molar-refractivity contribution in [3.05, 3.63) is 83.1 Å². The van der Waals surface area contributed by atoms with Gasteiger partial charge in [-0.15, -0.1) is 4.47 Å². The summed E-state index contributed by atoms with van der Waals surface area (Å²) in [6.45, 7) is 0.883. The molecule has 1 N–H and O–H groups in total. The molecule has 1 heterocycles. The van der Waals surface area contributed by atoms with Crippen LogP contribution in [0.15, 0.2) is 78.0 Å². The molecule has 0 saturated heterocycles. The first kappa shape index (κ1) is 23.6. The molecule has 1 atom stereocenters. The Labute approximate surface area is 199 Å². The van der Waals surface area contributed by atoms with Crippen molar-refractivity contribution < 1.29 is 22.5 Å². The molecule has 0 aliphatic heterocycles. The minimum absolute atomic E-state index is 0.0124. The van der Waals surface area contributed by atoms with Crippen molar-refractivity contribution in [2.45, 2.75) is 4.90 Å². The molecule has 1 aromatic heterocycles. The fourth-order valence-corrected chi connectivity index (χ4v) is 5.96. The predicted octanol–water partition coefficient (Wildman–Crippen LogP) is 5.55. The molecule has 4 rings (SSSR count). The van der Waals surface area contributed by atoms with Crippen LogP contribution < -0.4 is 4.47 Å². The number of halogens is 2. The molecule has 4 aromatic rings. The third-order valence-corrected chi connectivity index (χ3v) is 7.00. The highest BCUT2D eigenvalue weighted by molar-refractivity contribution is 7.92. The second-order valence-electron chi connectivity index (χ2n) is 7.04. The van der Waals surface area contributed by atoms with Crippen molar-refractivity contribution in [1.82, 2.24) is 9.97 Å². The van der Waals surface area contributed by atoms with Gasteiger partial charge in [-0.2, -0.15) is 13.0 Å². The summed E-state index contributed by atoms with van der Waals surface area (Å²) in [4.78, 5) is 18.0. The highest BCUT2D eigenvalue weighted by atomic mass is 35.5. The summed E-state index contributed by atoms with van der Waals surface area (Å²) < 4.78 is 44.1. The van der Waals surface area contributed by atoms with Crippen molar-refractivity contribution in [3.63, 3.8) is 0 Å². The van der Waals surface area contributed by atoms with E-state index >= 15 is 0 Å². The molecular weight excluding hydrogens is 508 g/mol. The van der Waals surface area contributed by atoms with Crippen molar-refractivity contribution in [2.24, 2.45) is 0 Å². The number of hydrogen-bond donors (Lipinski definition) is 1. The summed E-state index contributed by atoms with van der Waals surface area (Å²) in [6, 6.07) is 15.5. The van der Waals surface area contributed by atoms with Gasteiger partial charge in [0.1, 0.15) is 0 Å². The number of nitrogens with zero attached hydrogens (tertiary/aromatic N) is 3. The molecule has 0 amide bonds. The van der Waals surface area contributed by atoms with Crippen LogP contribution >= 0.6 is 30.8 Å². The molecule has 0 radical (unpaired) electrons. The zero-order chi connectivity index (χ0) is 23.8. The monoisotopic (exact) mass is 523 g/mol. The molecule has 0 fully saturated rings. The number of benzene rings is 3. The van der Waals surface area contributed by atoms with E-state index in [-0.39, 0.29) is 20.6 Å². The number of fused-ring (bicyclic) bond motifs is 1. The van der Waals surface area contributed by atoms with Crippen LogP contribution in [0, 0.1) is 0 Å². The average molecular weight is 524 g/mol. The molecule has 0 aliphatic rings. The van der Waals surface area contributed by atoms with Crippen molar-refractivity contribution in [3.8, 4) is 11.4 Å². The van der Waals surface area contributed by atoms with Crippen molar-refractivity contribution in [1.29, 1.82) is 0 Å². The number of rotatable bonds is 6. The van der Waals surface area contributed by atoms with E-state index in [2.05, 4.69) is 9.97 Å². The van der Waals surface area contributed by atoms with Gasteiger partial charge in [-0.05, 0) is 53.2 Å². The highest BCUT2D eigenvalue weighted by Gasteiger charge is 2.32. The number of sulfonamides is 1. The molecule has 170 valence electrons. The topological polar surface area (TPSA) is 110 Å². The van der Waals surface area contributed by atoms with E-state index in [1.807, 2.05) is 6.07 Å². The average Bonchev–Trinajstić information content (AvgIpc) is 2.76. The van der Waals surface area contributed by atoms with E-state index in [4.69, 9.17) is 27.8 Å². The fraction of sp³-hybridized carbons (Fsp3) is 0.0476. The molecule has 1 unspecified atom stereocenters. The molecule has 3 aromatic carbocycles. The predicted molar refractivity (Wildman–Crippen MR) is 128 cm³/mol. The third kappa shape index (κ3) is 5.35. The summed E-state index contributed by atoms with van der Waals surface area (Å²) in [5, 5.41) is 1.59. The van der Waals surface area contributed by atoms with Crippen LogP contribution in [0.1, 0.15) is 0 Å². The quantitative estimate of drug-likeness (QED) is 0.260. The van der Waals surface area contributed by atoms with Gasteiger partial charge >= 0.3 is 7.60 Å². The molecule has 0 aliphatic carbocycles. The number of hydrogen-bond acceptors (Lipinski definition) is 6. The maximum Gasteiger partial charge on any atom is 0.347 e. The van der Waals surface area contributed by atoms with Crippen LogP contribution in [0.4, 0.5) is 5.69 Å². The Balaban J connectivity index is 1.81. The molecule has 12 heteroatoms. The minimum Gasteiger partial charge on any atom is -0.323 e. The smallest absolute Gasteiger partial charge is 0.323 e. The highest BCUT2D eigenvalue weighted by Crippen LogP contribution is 2.42. The normalized spacial score (nSPS) is 13.6. The SMILES string of the molecule is CP(=O)(O)ON(c1ccc2cc(-c3ncccn3)ccc2c1)S(=O)(=O)c1cc(Cl)cc(Cl)c1. The summed E-state index contributed by atoms with van der Waals surface area (Å²) >= 11 is 11.9. The first-order valence-electron chi connectivity index (χ1n) is 9.35. The van der Waals surface area contributed by atoms with Gasteiger partial charge < -0.3 is 4.89 Å². The Kier molecular flexibility index (Phi) is 6.46. The van der Waals surface area contributed by atoms with Crippen LogP contribution in [-0.2, 0) is 19.2 Å². The van der Waals surface area contributed by atoms with Crippen LogP contribution in [-0.4, -0.2) is 29.9 Å². The van der Waals surface area contributed by atoms with Gasteiger partial charge in [-0.25, -0.2) is 9.97 Å². The molecule has 0 saturated carbocycles. The zero-order valence-electron chi connectivity index (χ0n) is 17.0. The van der Waals surface area contributed by atoms with Gasteiger partial charge in [0.05, 0.1) is 10.6 Å². The van der Waals surface area contributed by atoms with Crippen LogP contribution in [0.3, 0.4) is 0 Å². The standard InChI is InChI=1S/C21H16Cl2N3O5PS/c1-32(27,28)31-26(33(29,30)20-12-17(22)11-18(23)13-20)19-6-5-14-9-16(4-3-15(14)10-19)21-24-7-2-8-25-21/h2-13H,1H3,(H,27,28). The van der Waals surface area contributed by atoms with E-state index in [0.29, 0.717) is 15.7 Å². The second kappa shape index (κ2) is 9.02. The first-order chi connectivity index (χ1) is 15.5. The minimum atomic E-state index is -4.46. The first-order valence-corrected chi connectivity index (χ1v) is 13.6. The summed E-state index contributed by atoms with van der Waals surface area (Å²) in [6.07, 6.45) is 3.27. The summed E-state index contributed by atoms with van der Waals surface area (Å²) in [7, 11) is -8.73. The van der Waals surface area contributed by atoms with E-state index in [1.165, 1.54) is 30.3 Å². The Hall–Kier alpha value is -2.52. The lowest BCUT2D eigenvalue weighted by Gasteiger charge is -2.24. The Morgan fingerprint density at radius 1 is 0.939 bits per heavy atom. The van der Waals surface area contributed by atoms with Gasteiger partial charge in [0.2, 0.25) is 0 Å². The van der Waals surface area contributed by atoms with E-state index < -0.39 is 17.6 Å². The zero-order valence-corrected chi connectivity index (χ0v) is 20.2. The Morgan fingerprint density at radius 3 is 2.18 bits per heavy atom. The van der Waals surface area contributed by atoms with E-state index in [0.717, 1.165) is 17.6 Å². The maximum atomic E-state index is 13.3. The number of anilines is 1. The van der Waals surface area contributed by atoms with Crippen molar-refractivity contribution in [2.75, 3.05) is 11.1 Å². The maximum absolute atomic E-state index is 13.3. The molecule has 0 bridgehead atoms. The Morgan fingerprint density at radius 2 is 1.55 bits per heavy atom. The second-order valence-corrected chi connectivity index (χ2v) is 11.4. The van der Waals surface area contributed by atoms with Gasteiger partial charge in [-0.3, -0.25) is 4.57 Å². The largest absolute Gasteiger partial charge is 0.347 e. The van der Waals surface area contributed by atoms with E-state index in [1.54, 1.807) is 36.7 Å². The van der Waals surface area contributed by atoms with Gasteiger partial charge in [0.15, 0.2) is 5.82 Å². The number of aromatic nitrogens is 2. The molecule has 8 nitrogen and oxygen atoms in total. The van der Waals surface area contributed by atoms with E-state index in [9.17, 15) is 17.9 Å².